The number of benzene rings is 1. The van der Waals surface area contributed by atoms with Crippen LogP contribution in [0.3, 0.4) is 0 Å². The molecule has 1 aromatic carbocycles. The zero-order chi connectivity index (χ0) is 14.3. The van der Waals surface area contributed by atoms with Crippen molar-refractivity contribution in [2.75, 3.05) is 7.11 Å². The van der Waals surface area contributed by atoms with E-state index >= 15 is 0 Å². The fraction of sp³-hybridized carbons (Fsp3) is 0.400. The Balaban J connectivity index is 2.02. The average Bonchev–Trinajstić information content (AvgIpc) is 2.77. The van der Waals surface area contributed by atoms with Gasteiger partial charge in [0.1, 0.15) is 11.4 Å². The lowest BCUT2D eigenvalue weighted by Gasteiger charge is -2.34. The lowest BCUT2D eigenvalue weighted by Crippen LogP contribution is -2.35. The summed E-state index contributed by atoms with van der Waals surface area (Å²) in [5.41, 5.74) is 2.08. The van der Waals surface area contributed by atoms with Gasteiger partial charge >= 0.3 is 0 Å². The zero-order valence-corrected chi connectivity index (χ0v) is 12.3. The minimum Gasteiger partial charge on any atom is -0.497 e. The summed E-state index contributed by atoms with van der Waals surface area (Å²) >= 11 is 6.19. The van der Waals surface area contributed by atoms with Gasteiger partial charge in [-0.15, -0.1) is 0 Å². The van der Waals surface area contributed by atoms with Crippen molar-refractivity contribution >= 4 is 11.6 Å². The van der Waals surface area contributed by atoms with Crippen LogP contribution in [-0.2, 0) is 25.5 Å². The largest absolute Gasteiger partial charge is 0.497 e. The molecule has 0 amide bonds. The number of ether oxygens (including phenoxy) is 1. The van der Waals surface area contributed by atoms with Gasteiger partial charge in [-0.1, -0.05) is 17.7 Å². The van der Waals surface area contributed by atoms with Crippen LogP contribution in [0.1, 0.15) is 23.2 Å². The van der Waals surface area contributed by atoms with Crippen molar-refractivity contribution in [2.45, 2.75) is 24.9 Å². The Morgan fingerprint density at radius 3 is 2.85 bits per heavy atom. The zero-order valence-electron chi connectivity index (χ0n) is 11.6. The number of aryl methyl sites for hydroxylation is 2. The summed E-state index contributed by atoms with van der Waals surface area (Å²) in [7, 11) is 3.45. The van der Waals surface area contributed by atoms with Crippen LogP contribution in [0.2, 0.25) is 5.02 Å². The van der Waals surface area contributed by atoms with Crippen molar-refractivity contribution < 1.29 is 9.84 Å². The number of methoxy groups -OCH3 is 1. The highest BCUT2D eigenvalue weighted by atomic mass is 35.5. The van der Waals surface area contributed by atoms with Gasteiger partial charge in [-0.3, -0.25) is 4.68 Å². The van der Waals surface area contributed by atoms with Crippen LogP contribution < -0.4 is 4.74 Å². The number of rotatable bonds is 2. The lowest BCUT2D eigenvalue weighted by molar-refractivity contribution is 0.0144. The van der Waals surface area contributed by atoms with Gasteiger partial charge in [-0.05, 0) is 36.1 Å². The third kappa shape index (κ3) is 2.09. The second-order valence-electron chi connectivity index (χ2n) is 5.31. The molecule has 0 spiro atoms. The Morgan fingerprint density at radius 1 is 1.40 bits per heavy atom. The molecule has 1 heterocycles. The van der Waals surface area contributed by atoms with Gasteiger partial charge in [0.05, 0.1) is 24.0 Å². The fourth-order valence-electron chi connectivity index (χ4n) is 3.02. The van der Waals surface area contributed by atoms with Gasteiger partial charge in [-0.2, -0.15) is 5.10 Å². The molecule has 106 valence electrons. The Bertz CT molecular complexity index is 634. The molecule has 0 bridgehead atoms. The maximum atomic E-state index is 11.0. The molecule has 3 rings (SSSR count). The number of hydrogen-bond acceptors (Lipinski definition) is 3. The van der Waals surface area contributed by atoms with Gasteiger partial charge in [0.2, 0.25) is 0 Å². The average molecular weight is 293 g/mol. The van der Waals surface area contributed by atoms with E-state index in [1.165, 1.54) is 5.56 Å². The molecular formula is C15H17ClN2O2. The Labute approximate surface area is 122 Å². The maximum Gasteiger partial charge on any atom is 0.119 e. The predicted molar refractivity (Wildman–Crippen MR) is 77.1 cm³/mol. The normalized spacial score (nSPS) is 21.6. The summed E-state index contributed by atoms with van der Waals surface area (Å²) < 4.78 is 6.92. The number of nitrogens with zero attached hydrogens (tertiary/aromatic N) is 2. The first-order chi connectivity index (χ1) is 9.53. The quantitative estimate of drug-likeness (QED) is 0.925. The number of hydrogen-bond donors (Lipinski definition) is 1. The molecule has 1 aliphatic carbocycles. The highest BCUT2D eigenvalue weighted by molar-refractivity contribution is 6.31. The van der Waals surface area contributed by atoms with Crippen molar-refractivity contribution in [3.63, 3.8) is 0 Å². The SMILES string of the molecule is COc1ccc2c(c1)CC(O)(c1c(Cl)cnn1C)CC2. The summed E-state index contributed by atoms with van der Waals surface area (Å²) in [6.45, 7) is 0. The predicted octanol–water partition coefficient (Wildman–Crippen LogP) is 2.46. The van der Waals surface area contributed by atoms with Crippen molar-refractivity contribution in [1.29, 1.82) is 0 Å². The van der Waals surface area contributed by atoms with Gasteiger partial charge in [0.15, 0.2) is 0 Å². The molecule has 20 heavy (non-hydrogen) atoms. The molecule has 1 N–H and O–H groups in total. The highest BCUT2D eigenvalue weighted by Gasteiger charge is 2.38. The molecule has 0 saturated carbocycles. The molecule has 4 nitrogen and oxygen atoms in total. The fourth-order valence-corrected chi connectivity index (χ4v) is 3.36. The third-order valence-electron chi connectivity index (χ3n) is 4.04. The molecule has 0 aliphatic heterocycles. The summed E-state index contributed by atoms with van der Waals surface area (Å²) in [6.07, 6.45) is 3.57. The van der Waals surface area contributed by atoms with E-state index in [2.05, 4.69) is 11.2 Å². The Morgan fingerprint density at radius 2 is 2.20 bits per heavy atom. The van der Waals surface area contributed by atoms with Crippen molar-refractivity contribution in [1.82, 2.24) is 9.78 Å². The number of fused-ring (bicyclic) bond motifs is 1. The van der Waals surface area contributed by atoms with E-state index in [9.17, 15) is 5.11 Å². The standard InChI is InChI=1S/C15H17ClN2O2/c1-18-14(13(16)9-17-18)15(19)6-5-10-3-4-12(20-2)7-11(10)8-15/h3-4,7,9,19H,5-6,8H2,1-2H3. The lowest BCUT2D eigenvalue weighted by atomic mass is 9.78. The number of aliphatic hydroxyl groups is 1. The van der Waals surface area contributed by atoms with Crippen LogP contribution in [0, 0.1) is 0 Å². The Hall–Kier alpha value is -1.52. The minimum absolute atomic E-state index is 0.515. The second-order valence-corrected chi connectivity index (χ2v) is 5.71. The highest BCUT2D eigenvalue weighted by Crippen LogP contribution is 2.39. The molecule has 0 saturated heterocycles. The summed E-state index contributed by atoms with van der Waals surface area (Å²) in [5.74, 6) is 0.809. The van der Waals surface area contributed by atoms with Crippen LogP contribution in [0.5, 0.6) is 5.75 Å². The van der Waals surface area contributed by atoms with E-state index in [1.54, 1.807) is 25.0 Å². The molecule has 1 unspecified atom stereocenters. The Kier molecular flexibility index (Phi) is 3.22. The summed E-state index contributed by atoms with van der Waals surface area (Å²) in [5, 5.41) is 15.7. The molecule has 5 heteroatoms. The molecule has 1 aliphatic rings. The smallest absolute Gasteiger partial charge is 0.119 e. The van der Waals surface area contributed by atoms with Crippen molar-refractivity contribution in [3.05, 3.63) is 46.2 Å². The molecule has 2 aromatic rings. The van der Waals surface area contributed by atoms with Crippen LogP contribution in [0.4, 0.5) is 0 Å². The summed E-state index contributed by atoms with van der Waals surface area (Å²) in [4.78, 5) is 0. The molecule has 0 fully saturated rings. The van der Waals surface area contributed by atoms with E-state index in [-0.39, 0.29) is 0 Å². The molecule has 1 atom stereocenters. The van der Waals surface area contributed by atoms with Crippen LogP contribution in [0.15, 0.2) is 24.4 Å². The molecule has 1 aromatic heterocycles. The van der Waals surface area contributed by atoms with Crippen molar-refractivity contribution in [3.8, 4) is 5.75 Å². The van der Waals surface area contributed by atoms with E-state index in [4.69, 9.17) is 16.3 Å². The monoisotopic (exact) mass is 292 g/mol. The first kappa shape index (κ1) is 13.5. The topological polar surface area (TPSA) is 47.3 Å². The van der Waals surface area contributed by atoms with Gasteiger partial charge in [0, 0.05) is 13.5 Å². The van der Waals surface area contributed by atoms with Crippen LogP contribution in [0.25, 0.3) is 0 Å². The van der Waals surface area contributed by atoms with Crippen LogP contribution in [-0.4, -0.2) is 22.0 Å². The first-order valence-electron chi connectivity index (χ1n) is 6.59. The number of halogens is 1. The van der Waals surface area contributed by atoms with E-state index in [0.29, 0.717) is 23.6 Å². The van der Waals surface area contributed by atoms with Gasteiger partial charge < -0.3 is 9.84 Å². The minimum atomic E-state index is -0.971. The van der Waals surface area contributed by atoms with E-state index in [1.807, 2.05) is 12.1 Å². The van der Waals surface area contributed by atoms with Gasteiger partial charge in [-0.25, -0.2) is 0 Å². The first-order valence-corrected chi connectivity index (χ1v) is 6.97. The summed E-state index contributed by atoms with van der Waals surface area (Å²) in [6, 6.07) is 6.02. The number of aromatic nitrogens is 2. The molecular weight excluding hydrogens is 276 g/mol. The molecule has 0 radical (unpaired) electrons. The van der Waals surface area contributed by atoms with Crippen molar-refractivity contribution in [2.24, 2.45) is 7.05 Å². The van der Waals surface area contributed by atoms with Crippen LogP contribution >= 0.6 is 11.6 Å². The third-order valence-corrected chi connectivity index (χ3v) is 4.32. The van der Waals surface area contributed by atoms with E-state index in [0.717, 1.165) is 17.7 Å². The second kappa shape index (κ2) is 4.79. The van der Waals surface area contributed by atoms with Gasteiger partial charge in [0.25, 0.3) is 0 Å². The van der Waals surface area contributed by atoms with E-state index < -0.39 is 5.60 Å². The maximum absolute atomic E-state index is 11.0.